The van der Waals surface area contributed by atoms with Crippen molar-refractivity contribution < 1.29 is 9.59 Å². The molecule has 0 aliphatic rings. The number of nitrogens with zero attached hydrogens (tertiary/aromatic N) is 2. The van der Waals surface area contributed by atoms with E-state index >= 15 is 0 Å². The number of rotatable bonds is 4. The molecule has 126 valence electrons. The van der Waals surface area contributed by atoms with E-state index in [0.29, 0.717) is 16.8 Å². The lowest BCUT2D eigenvalue weighted by Crippen LogP contribution is -2.22. The van der Waals surface area contributed by atoms with Gasteiger partial charge in [0.2, 0.25) is 0 Å². The zero-order valence-electron chi connectivity index (χ0n) is 14.1. The highest BCUT2D eigenvalue weighted by Crippen LogP contribution is 2.15. The Morgan fingerprint density at radius 2 is 1.56 bits per heavy atom. The van der Waals surface area contributed by atoms with Crippen LogP contribution >= 0.6 is 0 Å². The van der Waals surface area contributed by atoms with Crippen LogP contribution in [0.3, 0.4) is 0 Å². The fourth-order valence-corrected chi connectivity index (χ4v) is 2.51. The first-order chi connectivity index (χ1) is 12.0. The Kier molecular flexibility index (Phi) is 4.66. The third-order valence-electron chi connectivity index (χ3n) is 3.78. The Labute approximate surface area is 146 Å². The van der Waals surface area contributed by atoms with Crippen LogP contribution < -0.4 is 5.32 Å². The first kappa shape index (κ1) is 16.5. The van der Waals surface area contributed by atoms with Crippen molar-refractivity contribution in [3.8, 4) is 5.69 Å². The summed E-state index contributed by atoms with van der Waals surface area (Å²) in [5.41, 5.74) is 2.58. The van der Waals surface area contributed by atoms with E-state index in [1.807, 2.05) is 47.3 Å². The molecule has 2 aromatic carbocycles. The van der Waals surface area contributed by atoms with Crippen molar-refractivity contribution in [3.05, 3.63) is 84.2 Å². The zero-order chi connectivity index (χ0) is 17.8. The maximum atomic E-state index is 12.5. The SMILES string of the molecule is CN(C)C(=O)c1cccc(NC(=O)c2cccc(-n3cccc3)c2)c1. The van der Waals surface area contributed by atoms with Gasteiger partial charge in [0.25, 0.3) is 11.8 Å². The van der Waals surface area contributed by atoms with Crippen molar-refractivity contribution in [2.75, 3.05) is 19.4 Å². The van der Waals surface area contributed by atoms with Crippen molar-refractivity contribution in [1.29, 1.82) is 0 Å². The quantitative estimate of drug-likeness (QED) is 0.795. The van der Waals surface area contributed by atoms with E-state index in [-0.39, 0.29) is 11.8 Å². The van der Waals surface area contributed by atoms with Crippen molar-refractivity contribution in [2.24, 2.45) is 0 Å². The molecule has 5 heteroatoms. The van der Waals surface area contributed by atoms with Crippen LogP contribution in [0.5, 0.6) is 0 Å². The van der Waals surface area contributed by atoms with Crippen molar-refractivity contribution in [1.82, 2.24) is 9.47 Å². The molecule has 0 aliphatic carbocycles. The summed E-state index contributed by atoms with van der Waals surface area (Å²) < 4.78 is 1.94. The van der Waals surface area contributed by atoms with Crippen molar-refractivity contribution in [3.63, 3.8) is 0 Å². The number of amides is 2. The van der Waals surface area contributed by atoms with Gasteiger partial charge in [0, 0.05) is 49.0 Å². The minimum atomic E-state index is -0.219. The van der Waals surface area contributed by atoms with Gasteiger partial charge >= 0.3 is 0 Å². The minimum Gasteiger partial charge on any atom is -0.345 e. The zero-order valence-corrected chi connectivity index (χ0v) is 14.1. The molecule has 1 aromatic heterocycles. The van der Waals surface area contributed by atoms with E-state index in [9.17, 15) is 9.59 Å². The number of aromatic nitrogens is 1. The molecule has 0 fully saturated rings. The third kappa shape index (κ3) is 3.77. The van der Waals surface area contributed by atoms with Gasteiger partial charge in [-0.1, -0.05) is 12.1 Å². The summed E-state index contributed by atoms with van der Waals surface area (Å²) in [5.74, 6) is -0.325. The van der Waals surface area contributed by atoms with Gasteiger partial charge < -0.3 is 14.8 Å². The number of hydrogen-bond acceptors (Lipinski definition) is 2. The Hall–Kier alpha value is -3.34. The van der Waals surface area contributed by atoms with Gasteiger partial charge in [0.15, 0.2) is 0 Å². The fourth-order valence-electron chi connectivity index (χ4n) is 2.51. The molecule has 0 spiro atoms. The van der Waals surface area contributed by atoms with E-state index < -0.39 is 0 Å². The van der Waals surface area contributed by atoms with E-state index in [1.165, 1.54) is 4.90 Å². The molecule has 3 rings (SSSR count). The summed E-state index contributed by atoms with van der Waals surface area (Å²) >= 11 is 0. The number of hydrogen-bond donors (Lipinski definition) is 1. The molecule has 0 unspecified atom stereocenters. The third-order valence-corrected chi connectivity index (χ3v) is 3.78. The lowest BCUT2D eigenvalue weighted by molar-refractivity contribution is 0.0827. The molecule has 3 aromatic rings. The molecule has 0 aliphatic heterocycles. The summed E-state index contributed by atoms with van der Waals surface area (Å²) in [5, 5.41) is 2.85. The number of carbonyl (C=O) groups is 2. The Morgan fingerprint density at radius 3 is 2.28 bits per heavy atom. The van der Waals surface area contributed by atoms with Crippen LogP contribution in [0, 0.1) is 0 Å². The summed E-state index contributed by atoms with van der Waals surface area (Å²) in [4.78, 5) is 26.1. The molecular weight excluding hydrogens is 314 g/mol. The highest BCUT2D eigenvalue weighted by atomic mass is 16.2. The second-order valence-electron chi connectivity index (χ2n) is 5.88. The van der Waals surface area contributed by atoms with E-state index in [0.717, 1.165) is 5.69 Å². The van der Waals surface area contributed by atoms with Crippen LogP contribution in [0.25, 0.3) is 5.69 Å². The van der Waals surface area contributed by atoms with Crippen molar-refractivity contribution in [2.45, 2.75) is 0 Å². The second-order valence-corrected chi connectivity index (χ2v) is 5.88. The molecular formula is C20H19N3O2. The van der Waals surface area contributed by atoms with Crippen molar-refractivity contribution >= 4 is 17.5 Å². The van der Waals surface area contributed by atoms with E-state index in [4.69, 9.17) is 0 Å². The van der Waals surface area contributed by atoms with Gasteiger partial charge in [-0.25, -0.2) is 0 Å². The maximum absolute atomic E-state index is 12.5. The molecule has 0 saturated heterocycles. The van der Waals surface area contributed by atoms with Gasteiger partial charge in [-0.15, -0.1) is 0 Å². The van der Waals surface area contributed by atoms with Gasteiger partial charge in [0.1, 0.15) is 0 Å². The monoisotopic (exact) mass is 333 g/mol. The first-order valence-corrected chi connectivity index (χ1v) is 7.91. The summed E-state index contributed by atoms with van der Waals surface area (Å²) in [7, 11) is 3.39. The van der Waals surface area contributed by atoms with Gasteiger partial charge in [-0.3, -0.25) is 9.59 Å². The van der Waals surface area contributed by atoms with Crippen LogP contribution in [-0.4, -0.2) is 35.4 Å². The van der Waals surface area contributed by atoms with E-state index in [2.05, 4.69) is 5.32 Å². The molecule has 0 saturated carbocycles. The molecule has 2 amide bonds. The second kappa shape index (κ2) is 7.05. The van der Waals surface area contributed by atoms with Crippen LogP contribution in [0.2, 0.25) is 0 Å². The molecule has 5 nitrogen and oxygen atoms in total. The highest BCUT2D eigenvalue weighted by Gasteiger charge is 2.11. The molecule has 0 bridgehead atoms. The van der Waals surface area contributed by atoms with Crippen LogP contribution in [0.1, 0.15) is 20.7 Å². The molecule has 0 radical (unpaired) electrons. The smallest absolute Gasteiger partial charge is 0.255 e. The average Bonchev–Trinajstić information content (AvgIpc) is 3.16. The molecule has 1 N–H and O–H groups in total. The number of nitrogens with one attached hydrogen (secondary N) is 1. The number of carbonyl (C=O) groups excluding carboxylic acids is 2. The highest BCUT2D eigenvalue weighted by molar-refractivity contribution is 6.05. The predicted octanol–water partition coefficient (Wildman–Crippen LogP) is 3.43. The lowest BCUT2D eigenvalue weighted by atomic mass is 10.1. The first-order valence-electron chi connectivity index (χ1n) is 7.91. The minimum absolute atomic E-state index is 0.106. The normalized spacial score (nSPS) is 10.3. The number of benzene rings is 2. The Bertz CT molecular complexity index is 899. The summed E-state index contributed by atoms with van der Waals surface area (Å²) in [6.07, 6.45) is 3.85. The fraction of sp³-hybridized carbons (Fsp3) is 0.100. The van der Waals surface area contributed by atoms with Gasteiger partial charge in [-0.2, -0.15) is 0 Å². The largest absolute Gasteiger partial charge is 0.345 e. The molecule has 25 heavy (non-hydrogen) atoms. The predicted molar refractivity (Wildman–Crippen MR) is 98.2 cm³/mol. The lowest BCUT2D eigenvalue weighted by Gasteiger charge is -2.12. The van der Waals surface area contributed by atoms with E-state index in [1.54, 1.807) is 44.4 Å². The standard InChI is InChI=1S/C20H19N3O2/c1-22(2)20(25)16-8-5-9-17(13-16)21-19(24)15-7-6-10-18(14-15)23-11-3-4-12-23/h3-14H,1-2H3,(H,21,24). The van der Waals surface area contributed by atoms with Gasteiger partial charge in [-0.05, 0) is 48.5 Å². The van der Waals surface area contributed by atoms with Crippen LogP contribution in [0.15, 0.2) is 73.1 Å². The average molecular weight is 333 g/mol. The topological polar surface area (TPSA) is 54.3 Å². The molecule has 1 heterocycles. The van der Waals surface area contributed by atoms with Gasteiger partial charge in [0.05, 0.1) is 0 Å². The summed E-state index contributed by atoms with van der Waals surface area (Å²) in [6, 6.07) is 18.1. The molecule has 0 atom stereocenters. The summed E-state index contributed by atoms with van der Waals surface area (Å²) in [6.45, 7) is 0. The maximum Gasteiger partial charge on any atom is 0.255 e. The Morgan fingerprint density at radius 1 is 0.880 bits per heavy atom. The van der Waals surface area contributed by atoms with Crippen LogP contribution in [-0.2, 0) is 0 Å². The van der Waals surface area contributed by atoms with Crippen LogP contribution in [0.4, 0.5) is 5.69 Å². The number of anilines is 1. The Balaban J connectivity index is 1.80.